The van der Waals surface area contributed by atoms with Crippen molar-refractivity contribution in [2.24, 2.45) is 0 Å². The highest BCUT2D eigenvalue weighted by atomic mass is 32.1. The van der Waals surface area contributed by atoms with Gasteiger partial charge in [-0.2, -0.15) is 0 Å². The van der Waals surface area contributed by atoms with Crippen molar-refractivity contribution >= 4 is 22.9 Å². The molecule has 0 bridgehead atoms. The molecule has 0 fully saturated rings. The van der Waals surface area contributed by atoms with E-state index in [2.05, 4.69) is 33.9 Å². The molecule has 5 heteroatoms. The molecule has 0 atom stereocenters. The number of hydrogen-bond acceptors (Lipinski definition) is 4. The summed E-state index contributed by atoms with van der Waals surface area (Å²) in [6.07, 6.45) is 3.31. The van der Waals surface area contributed by atoms with Crippen LogP contribution in [0.5, 0.6) is 5.75 Å². The van der Waals surface area contributed by atoms with Gasteiger partial charge in [0.25, 0.3) is 5.91 Å². The predicted octanol–water partition coefficient (Wildman–Crippen LogP) is 6.05. The summed E-state index contributed by atoms with van der Waals surface area (Å²) in [5, 5.41) is 5.01. The van der Waals surface area contributed by atoms with Gasteiger partial charge in [-0.05, 0) is 71.5 Å². The minimum absolute atomic E-state index is 0.144. The number of hydrogen-bond donors (Lipinski definition) is 1. The summed E-state index contributed by atoms with van der Waals surface area (Å²) in [6, 6.07) is 19.9. The third kappa shape index (κ3) is 4.05. The van der Waals surface area contributed by atoms with Crippen LogP contribution in [-0.4, -0.2) is 18.0 Å². The second kappa shape index (κ2) is 8.29. The number of aromatic nitrogens is 1. The number of ether oxygens (including phenoxy) is 1. The number of carbonyl (C=O) groups excluding carboxylic acids is 1. The molecule has 2 aromatic carbocycles. The van der Waals surface area contributed by atoms with Crippen LogP contribution >= 0.6 is 11.3 Å². The van der Waals surface area contributed by atoms with Crippen LogP contribution in [0, 0.1) is 6.92 Å². The van der Waals surface area contributed by atoms with Gasteiger partial charge in [0.15, 0.2) is 0 Å². The first-order chi connectivity index (χ1) is 14.2. The van der Waals surface area contributed by atoms with Gasteiger partial charge in [0.1, 0.15) is 5.75 Å². The molecule has 0 unspecified atom stereocenters. The fourth-order valence-corrected chi connectivity index (χ4v) is 3.91. The van der Waals surface area contributed by atoms with Gasteiger partial charge in [0.05, 0.1) is 7.11 Å². The largest absolute Gasteiger partial charge is 0.496 e. The lowest BCUT2D eigenvalue weighted by Gasteiger charge is -2.12. The molecule has 0 saturated carbocycles. The second-order valence-electron chi connectivity index (χ2n) is 6.61. The summed E-state index contributed by atoms with van der Waals surface area (Å²) < 4.78 is 5.57. The standard InChI is InChI=1S/C24H20N2O2S/c1-16-15-25-12-11-20(16)24(27)26-19-8-5-17(6-9-19)21-14-18(7-10-22(21)28-2)23-4-3-13-29-23/h3-15H,1-2H3,(H,26,27). The molecule has 29 heavy (non-hydrogen) atoms. The number of amides is 1. The van der Waals surface area contributed by atoms with E-state index in [1.165, 1.54) is 4.88 Å². The van der Waals surface area contributed by atoms with E-state index in [1.807, 2.05) is 43.3 Å². The first-order valence-electron chi connectivity index (χ1n) is 9.20. The smallest absolute Gasteiger partial charge is 0.256 e. The van der Waals surface area contributed by atoms with Crippen molar-refractivity contribution in [1.82, 2.24) is 4.98 Å². The van der Waals surface area contributed by atoms with E-state index in [0.717, 1.165) is 33.7 Å². The molecule has 2 aromatic heterocycles. The van der Waals surface area contributed by atoms with Crippen LogP contribution in [0.4, 0.5) is 5.69 Å². The quantitative estimate of drug-likeness (QED) is 0.444. The first-order valence-corrected chi connectivity index (χ1v) is 10.1. The minimum atomic E-state index is -0.144. The number of benzene rings is 2. The fourth-order valence-electron chi connectivity index (χ4n) is 3.19. The molecule has 144 valence electrons. The molecule has 1 N–H and O–H groups in total. The third-order valence-corrected chi connectivity index (χ3v) is 5.64. The van der Waals surface area contributed by atoms with Gasteiger partial charge in [-0.3, -0.25) is 9.78 Å². The van der Waals surface area contributed by atoms with Crippen LogP contribution in [0.15, 0.2) is 78.4 Å². The summed E-state index contributed by atoms with van der Waals surface area (Å²) in [6.45, 7) is 1.87. The maximum atomic E-state index is 12.5. The third-order valence-electron chi connectivity index (χ3n) is 4.72. The monoisotopic (exact) mass is 400 g/mol. The van der Waals surface area contributed by atoms with E-state index < -0.39 is 0 Å². The van der Waals surface area contributed by atoms with E-state index in [-0.39, 0.29) is 5.91 Å². The van der Waals surface area contributed by atoms with E-state index >= 15 is 0 Å². The van der Waals surface area contributed by atoms with Gasteiger partial charge in [-0.15, -0.1) is 11.3 Å². The molecular formula is C24H20N2O2S. The summed E-state index contributed by atoms with van der Waals surface area (Å²) in [4.78, 5) is 17.8. The molecular weight excluding hydrogens is 380 g/mol. The zero-order valence-electron chi connectivity index (χ0n) is 16.2. The highest BCUT2D eigenvalue weighted by Gasteiger charge is 2.11. The van der Waals surface area contributed by atoms with E-state index in [0.29, 0.717) is 5.56 Å². The lowest BCUT2D eigenvalue weighted by atomic mass is 10.0. The Balaban J connectivity index is 1.60. The van der Waals surface area contributed by atoms with E-state index in [1.54, 1.807) is 36.9 Å². The normalized spacial score (nSPS) is 10.6. The van der Waals surface area contributed by atoms with Crippen molar-refractivity contribution < 1.29 is 9.53 Å². The molecule has 2 heterocycles. The Morgan fingerprint density at radius 3 is 2.52 bits per heavy atom. The van der Waals surface area contributed by atoms with Crippen LogP contribution in [-0.2, 0) is 0 Å². The van der Waals surface area contributed by atoms with Crippen LogP contribution in [0.1, 0.15) is 15.9 Å². The van der Waals surface area contributed by atoms with Crippen molar-refractivity contribution in [3.8, 4) is 27.3 Å². The summed E-state index contributed by atoms with van der Waals surface area (Å²) in [7, 11) is 1.68. The topological polar surface area (TPSA) is 51.2 Å². The number of aryl methyl sites for hydroxylation is 1. The number of carbonyl (C=O) groups is 1. The molecule has 4 nitrogen and oxygen atoms in total. The van der Waals surface area contributed by atoms with Crippen LogP contribution in [0.3, 0.4) is 0 Å². The maximum Gasteiger partial charge on any atom is 0.256 e. The van der Waals surface area contributed by atoms with Crippen molar-refractivity contribution in [2.75, 3.05) is 12.4 Å². The number of anilines is 1. The number of thiophene rings is 1. The minimum Gasteiger partial charge on any atom is -0.496 e. The SMILES string of the molecule is COc1ccc(-c2cccs2)cc1-c1ccc(NC(=O)c2ccncc2C)cc1. The zero-order valence-corrected chi connectivity index (χ0v) is 17.0. The Morgan fingerprint density at radius 2 is 1.83 bits per heavy atom. The first kappa shape index (κ1) is 18.9. The molecule has 0 aliphatic carbocycles. The van der Waals surface area contributed by atoms with Crippen LogP contribution < -0.4 is 10.1 Å². The zero-order chi connectivity index (χ0) is 20.2. The van der Waals surface area contributed by atoms with Gasteiger partial charge in [-0.25, -0.2) is 0 Å². The molecule has 4 aromatic rings. The molecule has 0 radical (unpaired) electrons. The Labute approximate surface area is 173 Å². The van der Waals surface area contributed by atoms with Crippen molar-refractivity contribution in [2.45, 2.75) is 6.92 Å². The second-order valence-corrected chi connectivity index (χ2v) is 7.56. The Hall–Kier alpha value is -3.44. The molecule has 0 spiro atoms. The van der Waals surface area contributed by atoms with Crippen LogP contribution in [0.25, 0.3) is 21.6 Å². The van der Waals surface area contributed by atoms with E-state index in [4.69, 9.17) is 4.74 Å². The summed E-state index contributed by atoms with van der Waals surface area (Å²) >= 11 is 1.71. The number of nitrogens with one attached hydrogen (secondary N) is 1. The Kier molecular flexibility index (Phi) is 5.40. The van der Waals surface area contributed by atoms with Crippen molar-refractivity contribution in [1.29, 1.82) is 0 Å². The molecule has 0 aliphatic heterocycles. The average molecular weight is 401 g/mol. The number of nitrogens with zero attached hydrogens (tertiary/aromatic N) is 1. The van der Waals surface area contributed by atoms with Gasteiger partial charge in [0, 0.05) is 34.1 Å². The molecule has 4 rings (SSSR count). The van der Waals surface area contributed by atoms with E-state index in [9.17, 15) is 4.79 Å². The summed E-state index contributed by atoms with van der Waals surface area (Å²) in [5.41, 5.74) is 5.40. The Morgan fingerprint density at radius 1 is 1.03 bits per heavy atom. The van der Waals surface area contributed by atoms with Crippen LogP contribution in [0.2, 0.25) is 0 Å². The number of methoxy groups -OCH3 is 1. The Bertz CT molecular complexity index is 1140. The van der Waals surface area contributed by atoms with Gasteiger partial charge in [0.2, 0.25) is 0 Å². The maximum absolute atomic E-state index is 12.5. The van der Waals surface area contributed by atoms with Gasteiger partial charge >= 0.3 is 0 Å². The number of pyridine rings is 1. The fraction of sp³-hybridized carbons (Fsp3) is 0.0833. The highest BCUT2D eigenvalue weighted by Crippen LogP contribution is 2.36. The average Bonchev–Trinajstić information content (AvgIpc) is 3.29. The number of rotatable bonds is 5. The molecule has 0 aliphatic rings. The van der Waals surface area contributed by atoms with Crippen molar-refractivity contribution in [3.63, 3.8) is 0 Å². The lowest BCUT2D eigenvalue weighted by Crippen LogP contribution is -2.13. The summed E-state index contributed by atoms with van der Waals surface area (Å²) in [5.74, 6) is 0.671. The molecule has 0 saturated heterocycles. The molecule has 1 amide bonds. The van der Waals surface area contributed by atoms with Gasteiger partial charge in [-0.1, -0.05) is 18.2 Å². The van der Waals surface area contributed by atoms with Crippen molar-refractivity contribution in [3.05, 3.63) is 89.6 Å². The van der Waals surface area contributed by atoms with Gasteiger partial charge < -0.3 is 10.1 Å². The highest BCUT2D eigenvalue weighted by molar-refractivity contribution is 7.13. The lowest BCUT2D eigenvalue weighted by molar-refractivity contribution is 0.102. The predicted molar refractivity (Wildman–Crippen MR) is 119 cm³/mol.